The monoisotopic (exact) mass is 310 g/mol. The number of anilines is 1. The second kappa shape index (κ2) is 10.5. The number of hydrogen-bond acceptors (Lipinski definition) is 2. The number of amides is 1. The van der Waals surface area contributed by atoms with Crippen molar-refractivity contribution in [1.29, 1.82) is 0 Å². The van der Waals surface area contributed by atoms with Crippen LogP contribution in [0.3, 0.4) is 0 Å². The van der Waals surface area contributed by atoms with E-state index in [2.05, 4.69) is 12.2 Å². The lowest BCUT2D eigenvalue weighted by Gasteiger charge is -2.06. The predicted octanol–water partition coefficient (Wildman–Crippen LogP) is 4.79. The zero-order valence-corrected chi connectivity index (χ0v) is 13.7. The number of benzene rings is 1. The summed E-state index contributed by atoms with van der Waals surface area (Å²) in [5.74, 6) is -0.0821. The number of rotatable bonds is 10. The van der Waals surface area contributed by atoms with Crippen LogP contribution in [0.25, 0.3) is 0 Å². The molecule has 0 aliphatic carbocycles. The second-order valence-corrected chi connectivity index (χ2v) is 5.87. The summed E-state index contributed by atoms with van der Waals surface area (Å²) in [7, 11) is 0. The highest BCUT2D eigenvalue weighted by molar-refractivity contribution is 6.33. The van der Waals surface area contributed by atoms with Crippen LogP contribution in [-0.4, -0.2) is 12.5 Å². The van der Waals surface area contributed by atoms with Crippen molar-refractivity contribution in [3.05, 3.63) is 28.8 Å². The third-order valence-corrected chi connectivity index (χ3v) is 3.92. The second-order valence-electron chi connectivity index (χ2n) is 5.47. The molecule has 1 aromatic rings. The Balaban J connectivity index is 2.09. The summed E-state index contributed by atoms with van der Waals surface area (Å²) in [6.45, 7) is 2.95. The van der Waals surface area contributed by atoms with E-state index in [-0.39, 0.29) is 5.91 Å². The van der Waals surface area contributed by atoms with Crippen LogP contribution in [0, 0.1) is 0 Å². The molecule has 0 atom stereocenters. The van der Waals surface area contributed by atoms with Gasteiger partial charge in [-0.25, -0.2) is 0 Å². The van der Waals surface area contributed by atoms with E-state index in [4.69, 9.17) is 17.3 Å². The maximum Gasteiger partial charge on any atom is 0.251 e. The van der Waals surface area contributed by atoms with Crippen molar-refractivity contribution in [2.45, 2.75) is 58.3 Å². The SMILES string of the molecule is CCCCCCCCCCNC(=O)c1ccc(Cl)c(N)c1. The molecular weight excluding hydrogens is 284 g/mol. The van der Waals surface area contributed by atoms with Crippen LogP contribution >= 0.6 is 11.6 Å². The van der Waals surface area contributed by atoms with E-state index in [9.17, 15) is 4.79 Å². The smallest absolute Gasteiger partial charge is 0.251 e. The molecule has 0 radical (unpaired) electrons. The first-order chi connectivity index (χ1) is 10.1. The van der Waals surface area contributed by atoms with Gasteiger partial charge in [0, 0.05) is 12.1 Å². The minimum absolute atomic E-state index is 0.0821. The zero-order valence-electron chi connectivity index (χ0n) is 13.0. The highest BCUT2D eigenvalue weighted by Gasteiger charge is 2.06. The average molecular weight is 311 g/mol. The highest BCUT2D eigenvalue weighted by atomic mass is 35.5. The molecule has 1 amide bonds. The van der Waals surface area contributed by atoms with Gasteiger partial charge in [0.2, 0.25) is 0 Å². The molecule has 118 valence electrons. The molecule has 1 aromatic carbocycles. The number of carbonyl (C=O) groups excluding carboxylic acids is 1. The Morgan fingerprint density at radius 1 is 1.10 bits per heavy atom. The van der Waals surface area contributed by atoms with Crippen LogP contribution in [0.15, 0.2) is 18.2 Å². The molecule has 0 unspecified atom stereocenters. The molecule has 0 bridgehead atoms. The molecule has 0 spiro atoms. The van der Waals surface area contributed by atoms with Crippen molar-refractivity contribution in [3.63, 3.8) is 0 Å². The van der Waals surface area contributed by atoms with Crippen LogP contribution in [0.5, 0.6) is 0 Å². The summed E-state index contributed by atoms with van der Waals surface area (Å²) in [4.78, 5) is 11.9. The van der Waals surface area contributed by atoms with Crippen molar-refractivity contribution in [2.24, 2.45) is 0 Å². The topological polar surface area (TPSA) is 55.1 Å². The Labute approximate surface area is 133 Å². The van der Waals surface area contributed by atoms with E-state index >= 15 is 0 Å². The molecule has 0 aromatic heterocycles. The van der Waals surface area contributed by atoms with Gasteiger partial charge in [0.05, 0.1) is 10.7 Å². The number of halogens is 1. The molecule has 0 fully saturated rings. The molecule has 0 aliphatic rings. The van der Waals surface area contributed by atoms with Crippen LogP contribution in [0.1, 0.15) is 68.6 Å². The van der Waals surface area contributed by atoms with Crippen molar-refractivity contribution in [2.75, 3.05) is 12.3 Å². The number of nitrogen functional groups attached to an aromatic ring is 1. The lowest BCUT2D eigenvalue weighted by Crippen LogP contribution is -2.24. The van der Waals surface area contributed by atoms with Gasteiger partial charge in [0.15, 0.2) is 0 Å². The van der Waals surface area contributed by atoms with Gasteiger partial charge in [0.25, 0.3) is 5.91 Å². The number of carbonyl (C=O) groups is 1. The van der Waals surface area contributed by atoms with Gasteiger partial charge in [-0.15, -0.1) is 0 Å². The van der Waals surface area contributed by atoms with Crippen LogP contribution in [-0.2, 0) is 0 Å². The predicted molar refractivity (Wildman–Crippen MR) is 90.8 cm³/mol. The molecule has 0 saturated carbocycles. The third kappa shape index (κ3) is 7.37. The Morgan fingerprint density at radius 2 is 1.71 bits per heavy atom. The molecule has 0 aliphatic heterocycles. The summed E-state index contributed by atoms with van der Waals surface area (Å²) in [5, 5.41) is 3.40. The van der Waals surface area contributed by atoms with Gasteiger partial charge >= 0.3 is 0 Å². The maximum absolute atomic E-state index is 11.9. The van der Waals surface area contributed by atoms with E-state index in [0.717, 1.165) is 13.0 Å². The quantitative estimate of drug-likeness (QED) is 0.482. The van der Waals surface area contributed by atoms with Gasteiger partial charge < -0.3 is 11.1 Å². The van der Waals surface area contributed by atoms with Crippen LogP contribution < -0.4 is 11.1 Å². The molecule has 3 N–H and O–H groups in total. The molecule has 3 nitrogen and oxygen atoms in total. The maximum atomic E-state index is 11.9. The molecule has 0 saturated heterocycles. The van der Waals surface area contributed by atoms with Crippen molar-refractivity contribution >= 4 is 23.2 Å². The molecular formula is C17H27ClN2O. The number of nitrogens with two attached hydrogens (primary N) is 1. The number of unbranched alkanes of at least 4 members (excludes halogenated alkanes) is 7. The van der Waals surface area contributed by atoms with Crippen LogP contribution in [0.2, 0.25) is 5.02 Å². The highest BCUT2D eigenvalue weighted by Crippen LogP contribution is 2.19. The Hall–Kier alpha value is -1.22. The Bertz CT molecular complexity index is 435. The lowest BCUT2D eigenvalue weighted by molar-refractivity contribution is 0.0953. The minimum Gasteiger partial charge on any atom is -0.398 e. The summed E-state index contributed by atoms with van der Waals surface area (Å²) in [6.07, 6.45) is 10.1. The van der Waals surface area contributed by atoms with E-state index in [1.807, 2.05) is 0 Å². The first-order valence-electron chi connectivity index (χ1n) is 7.98. The zero-order chi connectivity index (χ0) is 15.5. The fourth-order valence-corrected chi connectivity index (χ4v) is 2.37. The standard InChI is InChI=1S/C17H27ClN2O/c1-2-3-4-5-6-7-8-9-12-20-17(21)14-10-11-15(18)16(19)13-14/h10-11,13H,2-9,12,19H2,1H3,(H,20,21). The Morgan fingerprint density at radius 3 is 2.33 bits per heavy atom. The van der Waals surface area contributed by atoms with Gasteiger partial charge in [-0.1, -0.05) is 63.5 Å². The van der Waals surface area contributed by atoms with Crippen molar-refractivity contribution in [3.8, 4) is 0 Å². The summed E-state index contributed by atoms with van der Waals surface area (Å²) in [6, 6.07) is 4.97. The largest absolute Gasteiger partial charge is 0.398 e. The number of hydrogen-bond donors (Lipinski definition) is 2. The first kappa shape index (κ1) is 17.8. The van der Waals surface area contributed by atoms with Gasteiger partial charge in [-0.2, -0.15) is 0 Å². The molecule has 21 heavy (non-hydrogen) atoms. The summed E-state index contributed by atoms with van der Waals surface area (Å²) >= 11 is 5.84. The first-order valence-corrected chi connectivity index (χ1v) is 8.36. The Kier molecular flexibility index (Phi) is 8.91. The average Bonchev–Trinajstić information content (AvgIpc) is 2.48. The third-order valence-electron chi connectivity index (χ3n) is 3.57. The van der Waals surface area contributed by atoms with E-state index in [1.54, 1.807) is 18.2 Å². The lowest BCUT2D eigenvalue weighted by atomic mass is 10.1. The van der Waals surface area contributed by atoms with Gasteiger partial charge in [-0.3, -0.25) is 4.79 Å². The summed E-state index contributed by atoms with van der Waals surface area (Å²) in [5.41, 5.74) is 6.70. The minimum atomic E-state index is -0.0821. The van der Waals surface area contributed by atoms with E-state index in [0.29, 0.717) is 16.3 Å². The van der Waals surface area contributed by atoms with Gasteiger partial charge in [-0.05, 0) is 24.6 Å². The summed E-state index contributed by atoms with van der Waals surface area (Å²) < 4.78 is 0. The molecule has 1 rings (SSSR count). The fraction of sp³-hybridized carbons (Fsp3) is 0.588. The molecule has 0 heterocycles. The van der Waals surface area contributed by atoms with Crippen LogP contribution in [0.4, 0.5) is 5.69 Å². The fourth-order valence-electron chi connectivity index (χ4n) is 2.25. The van der Waals surface area contributed by atoms with E-state index < -0.39 is 0 Å². The molecule has 4 heteroatoms. The van der Waals surface area contributed by atoms with E-state index in [1.165, 1.54) is 44.9 Å². The number of nitrogens with one attached hydrogen (secondary N) is 1. The van der Waals surface area contributed by atoms with Crippen molar-refractivity contribution in [1.82, 2.24) is 5.32 Å². The normalized spacial score (nSPS) is 10.6. The van der Waals surface area contributed by atoms with Crippen molar-refractivity contribution < 1.29 is 4.79 Å². The van der Waals surface area contributed by atoms with Gasteiger partial charge in [0.1, 0.15) is 0 Å².